The molecule has 0 amide bonds. The van der Waals surface area contributed by atoms with Gasteiger partial charge in [-0.3, -0.25) is 0 Å². The highest BCUT2D eigenvalue weighted by Gasteiger charge is 2.61. The first-order valence-corrected chi connectivity index (χ1v) is 8.12. The summed E-state index contributed by atoms with van der Waals surface area (Å²) in [4.78, 5) is 5.63. The first-order chi connectivity index (χ1) is 11.3. The van der Waals surface area contributed by atoms with Crippen molar-refractivity contribution in [1.29, 1.82) is 0 Å². The molecule has 0 aliphatic carbocycles. The Hall–Kier alpha value is -1.32. The fourth-order valence-corrected chi connectivity index (χ4v) is 2.87. The van der Waals surface area contributed by atoms with Crippen LogP contribution in [-0.4, -0.2) is 53.3 Å². The Balaban J connectivity index is 1.76. The Kier molecular flexibility index (Phi) is 3.95. The molecule has 0 atom stereocenters. The van der Waals surface area contributed by atoms with Crippen LogP contribution in [0.25, 0.3) is 0 Å². The lowest BCUT2D eigenvalue weighted by Crippen LogP contribution is -2.69. The minimum Gasteiger partial charge on any atom is -0.399 e. The molecule has 1 aromatic rings. The molecular formula is C16H22BF3N2O3. The van der Waals surface area contributed by atoms with E-state index in [1.807, 2.05) is 34.6 Å². The molecule has 9 heteroatoms. The zero-order valence-electron chi connectivity index (χ0n) is 14.9. The molecule has 0 saturated carbocycles. The number of aryl methyl sites for hydroxylation is 1. The van der Waals surface area contributed by atoms with Gasteiger partial charge >= 0.3 is 13.3 Å². The second-order valence-electron chi connectivity index (χ2n) is 7.87. The third kappa shape index (κ3) is 2.92. The summed E-state index contributed by atoms with van der Waals surface area (Å²) in [6, 6.07) is 1.69. The second-order valence-corrected chi connectivity index (χ2v) is 7.87. The third-order valence-corrected chi connectivity index (χ3v) is 5.40. The number of anilines is 1. The first kappa shape index (κ1) is 18.5. The molecule has 2 fully saturated rings. The number of hydrogen-bond donors (Lipinski definition) is 1. The van der Waals surface area contributed by atoms with Gasteiger partial charge in [-0.1, -0.05) is 0 Å². The highest BCUT2D eigenvalue weighted by atomic mass is 19.4. The number of nitrogens with zero attached hydrogens (tertiary/aromatic N) is 2. The van der Waals surface area contributed by atoms with Crippen LogP contribution in [-0.2, 0) is 9.31 Å². The molecule has 0 bridgehead atoms. The number of alkyl halides is 3. The fourth-order valence-electron chi connectivity index (χ4n) is 2.87. The molecule has 0 radical (unpaired) electrons. The van der Waals surface area contributed by atoms with Crippen LogP contribution < -0.4 is 10.4 Å². The van der Waals surface area contributed by atoms with E-state index in [1.54, 1.807) is 12.3 Å². The van der Waals surface area contributed by atoms with Crippen LogP contribution in [0.3, 0.4) is 0 Å². The zero-order chi connectivity index (χ0) is 18.8. The largest absolute Gasteiger partial charge is 0.496 e. The van der Waals surface area contributed by atoms with Crippen LogP contribution in [0.15, 0.2) is 12.3 Å². The minimum atomic E-state index is -4.64. The van der Waals surface area contributed by atoms with Crippen LogP contribution in [0, 0.1) is 6.92 Å². The van der Waals surface area contributed by atoms with Gasteiger partial charge in [-0.2, -0.15) is 13.2 Å². The summed E-state index contributed by atoms with van der Waals surface area (Å²) in [6.45, 7) is 8.59. The summed E-state index contributed by atoms with van der Waals surface area (Å²) in [5, 5.41) is 9.56. The molecule has 138 valence electrons. The zero-order valence-corrected chi connectivity index (χ0v) is 14.9. The van der Waals surface area contributed by atoms with Crippen molar-refractivity contribution in [2.24, 2.45) is 0 Å². The van der Waals surface area contributed by atoms with E-state index < -0.39 is 43.2 Å². The van der Waals surface area contributed by atoms with Crippen LogP contribution >= 0.6 is 0 Å². The molecule has 3 heterocycles. The number of aromatic nitrogens is 1. The lowest BCUT2D eigenvalue weighted by molar-refractivity contribution is -0.267. The van der Waals surface area contributed by atoms with E-state index in [2.05, 4.69) is 4.98 Å². The van der Waals surface area contributed by atoms with Gasteiger partial charge in [-0.05, 0) is 46.2 Å². The lowest BCUT2D eigenvalue weighted by Gasteiger charge is -2.47. The molecule has 0 aromatic carbocycles. The molecule has 25 heavy (non-hydrogen) atoms. The van der Waals surface area contributed by atoms with Gasteiger partial charge in [0.05, 0.1) is 24.3 Å². The third-order valence-electron chi connectivity index (χ3n) is 5.40. The lowest BCUT2D eigenvalue weighted by atomic mass is 9.77. The van der Waals surface area contributed by atoms with Gasteiger partial charge in [0.1, 0.15) is 5.82 Å². The molecule has 0 unspecified atom stereocenters. The van der Waals surface area contributed by atoms with Gasteiger partial charge in [0, 0.05) is 11.7 Å². The predicted molar refractivity (Wildman–Crippen MR) is 87.9 cm³/mol. The van der Waals surface area contributed by atoms with Crippen molar-refractivity contribution in [2.75, 3.05) is 18.0 Å². The van der Waals surface area contributed by atoms with Crippen LogP contribution in [0.1, 0.15) is 33.3 Å². The molecule has 3 rings (SSSR count). The highest BCUT2D eigenvalue weighted by molar-refractivity contribution is 6.62. The van der Waals surface area contributed by atoms with Crippen molar-refractivity contribution in [3.63, 3.8) is 0 Å². The SMILES string of the molecule is Cc1cc(N2CC(O)(C(F)(F)F)C2)ncc1B1OC(C)(C)C(C)(C)O1. The number of rotatable bonds is 2. The van der Waals surface area contributed by atoms with E-state index in [4.69, 9.17) is 9.31 Å². The van der Waals surface area contributed by atoms with Crippen molar-refractivity contribution in [3.8, 4) is 0 Å². The maximum Gasteiger partial charge on any atom is 0.496 e. The number of hydrogen-bond acceptors (Lipinski definition) is 5. The van der Waals surface area contributed by atoms with Gasteiger partial charge in [0.15, 0.2) is 5.60 Å². The highest BCUT2D eigenvalue weighted by Crippen LogP contribution is 2.40. The summed E-state index contributed by atoms with van der Waals surface area (Å²) in [5.41, 5.74) is -2.07. The van der Waals surface area contributed by atoms with E-state index in [0.29, 0.717) is 5.82 Å². The first-order valence-electron chi connectivity index (χ1n) is 8.12. The Morgan fingerprint density at radius 2 is 1.68 bits per heavy atom. The smallest absolute Gasteiger partial charge is 0.399 e. The van der Waals surface area contributed by atoms with E-state index in [1.165, 1.54) is 4.90 Å². The number of aliphatic hydroxyl groups is 1. The second kappa shape index (κ2) is 5.34. The average Bonchev–Trinajstić information content (AvgIpc) is 2.62. The van der Waals surface area contributed by atoms with E-state index >= 15 is 0 Å². The Bertz CT molecular complexity index is 672. The Labute approximate surface area is 145 Å². The molecule has 5 nitrogen and oxygen atoms in total. The van der Waals surface area contributed by atoms with Gasteiger partial charge in [0.2, 0.25) is 0 Å². The average molecular weight is 358 g/mol. The molecule has 2 saturated heterocycles. The van der Waals surface area contributed by atoms with Crippen molar-refractivity contribution in [3.05, 3.63) is 17.8 Å². The summed E-state index contributed by atoms with van der Waals surface area (Å²) in [5.74, 6) is 0.395. The standard InChI is InChI=1S/C16H22BF3N2O3/c1-10-6-12(22-8-15(23,9-22)16(18,19)20)21-7-11(10)17-24-13(2,3)14(4,5)25-17/h6-7,23H,8-9H2,1-5H3. The van der Waals surface area contributed by atoms with Crippen LogP contribution in [0.2, 0.25) is 0 Å². The Morgan fingerprint density at radius 3 is 2.12 bits per heavy atom. The van der Waals surface area contributed by atoms with Crippen molar-refractivity contribution in [2.45, 2.75) is 57.6 Å². The summed E-state index contributed by atoms with van der Waals surface area (Å²) in [6.07, 6.45) is -3.07. The quantitative estimate of drug-likeness (QED) is 0.818. The molecule has 2 aliphatic rings. The van der Waals surface area contributed by atoms with E-state index in [0.717, 1.165) is 11.0 Å². The van der Waals surface area contributed by atoms with Crippen molar-refractivity contribution in [1.82, 2.24) is 4.98 Å². The van der Waals surface area contributed by atoms with Gasteiger partial charge in [0.25, 0.3) is 0 Å². The Morgan fingerprint density at radius 1 is 1.16 bits per heavy atom. The van der Waals surface area contributed by atoms with Crippen LogP contribution in [0.5, 0.6) is 0 Å². The van der Waals surface area contributed by atoms with Gasteiger partial charge in [-0.25, -0.2) is 4.98 Å². The fraction of sp³-hybridized carbons (Fsp3) is 0.688. The summed E-state index contributed by atoms with van der Waals surface area (Å²) < 4.78 is 50.2. The van der Waals surface area contributed by atoms with Crippen molar-refractivity contribution >= 4 is 18.4 Å². The van der Waals surface area contributed by atoms with Gasteiger partial charge in [-0.15, -0.1) is 0 Å². The summed E-state index contributed by atoms with van der Waals surface area (Å²) >= 11 is 0. The molecule has 1 N–H and O–H groups in total. The van der Waals surface area contributed by atoms with E-state index in [9.17, 15) is 18.3 Å². The molecule has 0 spiro atoms. The van der Waals surface area contributed by atoms with Gasteiger partial charge < -0.3 is 19.3 Å². The monoisotopic (exact) mass is 358 g/mol. The van der Waals surface area contributed by atoms with E-state index in [-0.39, 0.29) is 0 Å². The minimum absolute atomic E-state index is 0.395. The topological polar surface area (TPSA) is 54.8 Å². The molecular weight excluding hydrogens is 336 g/mol. The predicted octanol–water partition coefficient (Wildman–Crippen LogP) is 1.80. The van der Waals surface area contributed by atoms with Crippen LogP contribution in [0.4, 0.5) is 19.0 Å². The molecule has 1 aromatic heterocycles. The molecule has 2 aliphatic heterocycles. The number of pyridine rings is 1. The maximum atomic E-state index is 12.7. The normalized spacial score (nSPS) is 24.4. The number of halogens is 3. The maximum absolute atomic E-state index is 12.7. The van der Waals surface area contributed by atoms with Crippen molar-refractivity contribution < 1.29 is 27.6 Å². The summed E-state index contributed by atoms with van der Waals surface area (Å²) in [7, 11) is -0.574. The number of β-amino-alcohol motifs (C(OH)–C–C–N with tert-alkyl or cyclic N) is 1.